The van der Waals surface area contributed by atoms with Gasteiger partial charge < -0.3 is 5.11 Å². The van der Waals surface area contributed by atoms with Crippen LogP contribution in [0.2, 0.25) is 0 Å². The van der Waals surface area contributed by atoms with E-state index >= 15 is 0 Å². The fourth-order valence-corrected chi connectivity index (χ4v) is 2.24. The second-order valence-corrected chi connectivity index (χ2v) is 4.35. The molecule has 0 radical (unpaired) electrons. The molecule has 2 nitrogen and oxygen atoms in total. The average molecular weight is 182 g/mol. The van der Waals surface area contributed by atoms with Gasteiger partial charge in [-0.3, -0.25) is 4.79 Å². The van der Waals surface area contributed by atoms with Gasteiger partial charge in [-0.25, -0.2) is 0 Å². The lowest BCUT2D eigenvalue weighted by molar-refractivity contribution is -0.128. The Morgan fingerprint density at radius 1 is 1.62 bits per heavy atom. The number of hydrogen-bond acceptors (Lipinski definition) is 2. The predicted octanol–water partition coefficient (Wildman–Crippen LogP) is 2.84. The van der Waals surface area contributed by atoms with Crippen LogP contribution >= 0.6 is 0 Å². The fraction of sp³-hybridized carbons (Fsp3) is 0.727. The number of carbonyl (C=O) groups excluding carboxylic acids is 1. The number of aliphatic hydroxyl groups is 1. The summed E-state index contributed by atoms with van der Waals surface area (Å²) in [6.07, 6.45) is 3.77. The summed E-state index contributed by atoms with van der Waals surface area (Å²) in [4.78, 5) is 11.8. The van der Waals surface area contributed by atoms with Gasteiger partial charge in [0.2, 0.25) is 0 Å². The predicted molar refractivity (Wildman–Crippen MR) is 52.5 cm³/mol. The Balaban J connectivity index is 2.92. The molecule has 2 heteroatoms. The van der Waals surface area contributed by atoms with Gasteiger partial charge in [0.25, 0.3) is 0 Å². The first-order valence-electron chi connectivity index (χ1n) is 4.92. The smallest absolute Gasteiger partial charge is 0.167 e. The SMILES string of the molecule is CC[C@H]1CC/C(=C/O)C(=O)C1(C)C. The number of aliphatic hydroxyl groups excluding tert-OH is 1. The molecule has 1 aliphatic carbocycles. The summed E-state index contributed by atoms with van der Waals surface area (Å²) < 4.78 is 0. The van der Waals surface area contributed by atoms with Crippen molar-refractivity contribution in [1.29, 1.82) is 0 Å². The monoisotopic (exact) mass is 182 g/mol. The van der Waals surface area contributed by atoms with Crippen molar-refractivity contribution in [2.24, 2.45) is 11.3 Å². The van der Waals surface area contributed by atoms with Crippen molar-refractivity contribution >= 4 is 5.78 Å². The van der Waals surface area contributed by atoms with Crippen molar-refractivity contribution in [2.75, 3.05) is 0 Å². The zero-order valence-corrected chi connectivity index (χ0v) is 8.63. The number of hydrogen-bond donors (Lipinski definition) is 1. The molecular weight excluding hydrogens is 164 g/mol. The summed E-state index contributed by atoms with van der Waals surface area (Å²) in [5, 5.41) is 8.87. The maximum atomic E-state index is 11.8. The van der Waals surface area contributed by atoms with Crippen LogP contribution in [0.25, 0.3) is 0 Å². The lowest BCUT2D eigenvalue weighted by Crippen LogP contribution is -2.37. The zero-order valence-electron chi connectivity index (χ0n) is 8.63. The number of allylic oxidation sites excluding steroid dienone is 1. The molecule has 1 saturated carbocycles. The Hall–Kier alpha value is -0.790. The van der Waals surface area contributed by atoms with Crippen LogP contribution in [-0.4, -0.2) is 10.9 Å². The first-order valence-corrected chi connectivity index (χ1v) is 4.92. The van der Waals surface area contributed by atoms with Gasteiger partial charge in [0.1, 0.15) is 0 Å². The molecule has 0 aromatic heterocycles. The highest BCUT2D eigenvalue weighted by molar-refractivity contribution is 6.00. The van der Waals surface area contributed by atoms with Gasteiger partial charge in [-0.2, -0.15) is 0 Å². The third-order valence-corrected chi connectivity index (χ3v) is 3.31. The molecular formula is C11H18O2. The molecule has 1 aliphatic rings. The summed E-state index contributed by atoms with van der Waals surface area (Å²) in [5.41, 5.74) is 0.302. The molecule has 1 N–H and O–H groups in total. The van der Waals surface area contributed by atoms with Gasteiger partial charge in [-0.1, -0.05) is 27.2 Å². The molecule has 13 heavy (non-hydrogen) atoms. The van der Waals surface area contributed by atoms with E-state index < -0.39 is 0 Å². The number of ketones is 1. The molecule has 0 aromatic rings. The normalized spacial score (nSPS) is 30.8. The van der Waals surface area contributed by atoms with Crippen LogP contribution in [0.5, 0.6) is 0 Å². The molecule has 0 aromatic carbocycles. The number of Topliss-reactive ketones (excluding diaryl/α,β-unsaturated/α-hetero) is 1. The van der Waals surface area contributed by atoms with Crippen LogP contribution in [0.15, 0.2) is 11.8 Å². The Bertz CT molecular complexity index is 238. The molecule has 1 fully saturated rings. The van der Waals surface area contributed by atoms with Gasteiger partial charge in [0.05, 0.1) is 6.26 Å². The van der Waals surface area contributed by atoms with Crippen LogP contribution in [0.4, 0.5) is 0 Å². The maximum absolute atomic E-state index is 11.8. The van der Waals surface area contributed by atoms with Crippen LogP contribution in [0.3, 0.4) is 0 Å². The largest absolute Gasteiger partial charge is 0.515 e. The van der Waals surface area contributed by atoms with Crippen molar-refractivity contribution in [3.63, 3.8) is 0 Å². The summed E-state index contributed by atoms with van der Waals surface area (Å²) in [5.74, 6) is 0.580. The fourth-order valence-electron chi connectivity index (χ4n) is 2.24. The third kappa shape index (κ3) is 1.62. The number of rotatable bonds is 1. The lowest BCUT2D eigenvalue weighted by atomic mass is 9.65. The molecule has 74 valence electrons. The molecule has 0 aliphatic heterocycles. The van der Waals surface area contributed by atoms with Crippen LogP contribution in [-0.2, 0) is 4.79 Å². The van der Waals surface area contributed by atoms with E-state index in [-0.39, 0.29) is 11.2 Å². The Kier molecular flexibility index (Phi) is 2.79. The topological polar surface area (TPSA) is 37.3 Å². The van der Waals surface area contributed by atoms with Crippen molar-refractivity contribution in [2.45, 2.75) is 40.0 Å². The van der Waals surface area contributed by atoms with E-state index in [9.17, 15) is 4.79 Å². The minimum absolute atomic E-state index is 0.119. The van der Waals surface area contributed by atoms with Crippen LogP contribution in [0, 0.1) is 11.3 Å². The van der Waals surface area contributed by atoms with E-state index in [1.165, 1.54) is 0 Å². The van der Waals surface area contributed by atoms with Crippen LogP contribution in [0.1, 0.15) is 40.0 Å². The molecule has 0 unspecified atom stereocenters. The second-order valence-electron chi connectivity index (χ2n) is 4.35. The highest BCUT2D eigenvalue weighted by atomic mass is 16.2. The van der Waals surface area contributed by atoms with Gasteiger partial charge in [0, 0.05) is 11.0 Å². The zero-order chi connectivity index (χ0) is 10.1. The summed E-state index contributed by atoms with van der Waals surface area (Å²) in [7, 11) is 0. The average Bonchev–Trinajstić information content (AvgIpc) is 2.09. The van der Waals surface area contributed by atoms with E-state index in [0.29, 0.717) is 11.5 Å². The Labute approximate surface area is 79.6 Å². The maximum Gasteiger partial charge on any atom is 0.167 e. The first kappa shape index (κ1) is 10.3. The van der Waals surface area contributed by atoms with Gasteiger partial charge in [-0.15, -0.1) is 0 Å². The third-order valence-electron chi connectivity index (χ3n) is 3.31. The second kappa shape index (κ2) is 3.52. The van der Waals surface area contributed by atoms with E-state index in [1.54, 1.807) is 0 Å². The minimum Gasteiger partial charge on any atom is -0.515 e. The Morgan fingerprint density at radius 2 is 2.23 bits per heavy atom. The quantitative estimate of drug-likeness (QED) is 0.500. The Morgan fingerprint density at radius 3 is 2.69 bits per heavy atom. The highest BCUT2D eigenvalue weighted by Crippen LogP contribution is 2.41. The summed E-state index contributed by atoms with van der Waals surface area (Å²) >= 11 is 0. The highest BCUT2D eigenvalue weighted by Gasteiger charge is 2.40. The molecule has 1 rings (SSSR count). The van der Waals surface area contributed by atoms with Gasteiger partial charge in [0.15, 0.2) is 5.78 Å². The molecule has 0 heterocycles. The number of carbonyl (C=O) groups is 1. The summed E-state index contributed by atoms with van der Waals surface area (Å²) in [6, 6.07) is 0. The lowest BCUT2D eigenvalue weighted by Gasteiger charge is -2.37. The van der Waals surface area contributed by atoms with E-state index in [1.807, 2.05) is 13.8 Å². The molecule has 1 atom stereocenters. The van der Waals surface area contributed by atoms with Gasteiger partial charge in [-0.05, 0) is 18.8 Å². The molecule has 0 bridgehead atoms. The first-order chi connectivity index (χ1) is 6.04. The minimum atomic E-state index is -0.290. The molecule has 0 saturated heterocycles. The van der Waals surface area contributed by atoms with Crippen LogP contribution < -0.4 is 0 Å². The molecule has 0 spiro atoms. The standard InChI is InChI=1S/C11H18O2/c1-4-9-6-5-8(7-12)10(13)11(9,2)3/h7,9,12H,4-6H2,1-3H3/b8-7-/t9-/m0/s1. The van der Waals surface area contributed by atoms with E-state index in [4.69, 9.17) is 5.11 Å². The van der Waals surface area contributed by atoms with E-state index in [2.05, 4.69) is 6.92 Å². The van der Waals surface area contributed by atoms with Crippen molar-refractivity contribution in [1.82, 2.24) is 0 Å². The van der Waals surface area contributed by atoms with Crippen molar-refractivity contribution in [3.8, 4) is 0 Å². The summed E-state index contributed by atoms with van der Waals surface area (Å²) in [6.45, 7) is 6.08. The molecule has 0 amide bonds. The van der Waals surface area contributed by atoms with Crippen molar-refractivity contribution < 1.29 is 9.90 Å². The van der Waals surface area contributed by atoms with E-state index in [0.717, 1.165) is 25.5 Å². The van der Waals surface area contributed by atoms with Gasteiger partial charge >= 0.3 is 0 Å². The van der Waals surface area contributed by atoms with Crippen molar-refractivity contribution in [3.05, 3.63) is 11.8 Å².